The molecule has 0 aromatic rings. The Balaban J connectivity index is 1.91. The van der Waals surface area contributed by atoms with Gasteiger partial charge in [0, 0.05) is 7.05 Å². The highest BCUT2D eigenvalue weighted by Gasteiger charge is 2.12. The summed E-state index contributed by atoms with van der Waals surface area (Å²) in [6.45, 7) is 0.861. The topological polar surface area (TPSA) is 21.3 Å². The molecule has 0 atom stereocenters. The second-order valence-electron chi connectivity index (χ2n) is 3.25. The molecule has 1 rings (SSSR count). The van der Waals surface area contributed by atoms with Crippen molar-refractivity contribution < 1.29 is 4.84 Å². The number of hydroxylamine groups is 1. The van der Waals surface area contributed by atoms with Crippen molar-refractivity contribution in [1.82, 2.24) is 5.48 Å². The molecule has 1 aliphatic heterocycles. The lowest BCUT2D eigenvalue weighted by Crippen LogP contribution is -2.12. The van der Waals surface area contributed by atoms with Crippen LogP contribution in [0, 0.1) is 5.92 Å². The van der Waals surface area contributed by atoms with Gasteiger partial charge in [-0.1, -0.05) is 0 Å². The highest BCUT2D eigenvalue weighted by atomic mass is 32.2. The fourth-order valence-electron chi connectivity index (χ4n) is 1.58. The Morgan fingerprint density at radius 3 is 2.83 bits per heavy atom. The maximum atomic E-state index is 5.07. The maximum absolute atomic E-state index is 5.07. The van der Waals surface area contributed by atoms with Crippen LogP contribution in [0.5, 0.6) is 0 Å². The predicted octanol–water partition coefficient (Wildman–Crippen LogP) is 2.06. The van der Waals surface area contributed by atoms with Gasteiger partial charge < -0.3 is 4.84 Å². The van der Waals surface area contributed by atoms with Crippen LogP contribution in [-0.2, 0) is 4.84 Å². The standard InChI is InChI=1S/C9H19NOS/c1-10-11-6-2-3-9-4-7-12-8-5-9/h9-10H,2-8H2,1H3. The van der Waals surface area contributed by atoms with E-state index >= 15 is 0 Å². The first-order valence-corrected chi connectivity index (χ1v) is 5.95. The van der Waals surface area contributed by atoms with Crippen LogP contribution in [0.25, 0.3) is 0 Å². The van der Waals surface area contributed by atoms with Crippen LogP contribution in [0.1, 0.15) is 25.7 Å². The van der Waals surface area contributed by atoms with Crippen LogP contribution in [0.15, 0.2) is 0 Å². The van der Waals surface area contributed by atoms with Gasteiger partial charge in [0.2, 0.25) is 0 Å². The van der Waals surface area contributed by atoms with Crippen LogP contribution >= 0.6 is 11.8 Å². The molecule has 3 heteroatoms. The first-order valence-electron chi connectivity index (χ1n) is 4.79. The lowest BCUT2D eigenvalue weighted by atomic mass is 9.97. The van der Waals surface area contributed by atoms with E-state index in [-0.39, 0.29) is 0 Å². The van der Waals surface area contributed by atoms with Gasteiger partial charge in [0.1, 0.15) is 0 Å². The van der Waals surface area contributed by atoms with Gasteiger partial charge in [-0.3, -0.25) is 0 Å². The van der Waals surface area contributed by atoms with E-state index in [2.05, 4.69) is 17.2 Å². The molecule has 0 aliphatic carbocycles. The van der Waals surface area contributed by atoms with Crippen LogP contribution in [0.3, 0.4) is 0 Å². The van der Waals surface area contributed by atoms with Crippen molar-refractivity contribution in [3.63, 3.8) is 0 Å². The zero-order chi connectivity index (χ0) is 8.65. The Morgan fingerprint density at radius 1 is 1.42 bits per heavy atom. The summed E-state index contributed by atoms with van der Waals surface area (Å²) >= 11 is 2.10. The summed E-state index contributed by atoms with van der Waals surface area (Å²) in [7, 11) is 1.82. The molecular weight excluding hydrogens is 170 g/mol. The Kier molecular flexibility index (Phi) is 5.82. The van der Waals surface area contributed by atoms with E-state index in [4.69, 9.17) is 4.84 Å². The Labute approximate surface area is 79.4 Å². The normalized spacial score (nSPS) is 19.8. The summed E-state index contributed by atoms with van der Waals surface area (Å²) in [4.78, 5) is 5.07. The van der Waals surface area contributed by atoms with Crippen molar-refractivity contribution >= 4 is 11.8 Å². The molecule has 1 saturated heterocycles. The summed E-state index contributed by atoms with van der Waals surface area (Å²) in [5.41, 5.74) is 2.70. The van der Waals surface area contributed by atoms with Crippen LogP contribution in [0.4, 0.5) is 0 Å². The first kappa shape index (κ1) is 10.4. The van der Waals surface area contributed by atoms with E-state index < -0.39 is 0 Å². The first-order chi connectivity index (χ1) is 5.93. The molecule has 2 nitrogen and oxygen atoms in total. The van der Waals surface area contributed by atoms with Crippen molar-refractivity contribution in [3.05, 3.63) is 0 Å². The van der Waals surface area contributed by atoms with Gasteiger partial charge >= 0.3 is 0 Å². The molecule has 0 aromatic carbocycles. The number of hydrogen-bond donors (Lipinski definition) is 1. The van der Waals surface area contributed by atoms with Gasteiger partial charge in [-0.05, 0) is 43.1 Å². The smallest absolute Gasteiger partial charge is 0.0682 e. The molecule has 0 amide bonds. The molecule has 0 radical (unpaired) electrons. The second kappa shape index (κ2) is 6.75. The van der Waals surface area contributed by atoms with Gasteiger partial charge in [0.25, 0.3) is 0 Å². The lowest BCUT2D eigenvalue weighted by molar-refractivity contribution is 0.0529. The second-order valence-corrected chi connectivity index (χ2v) is 4.48. The average Bonchev–Trinajstić information content (AvgIpc) is 2.14. The minimum absolute atomic E-state index is 0.861. The molecule has 1 fully saturated rings. The monoisotopic (exact) mass is 189 g/mol. The van der Waals surface area contributed by atoms with Crippen molar-refractivity contribution in [2.75, 3.05) is 25.2 Å². The predicted molar refractivity (Wildman–Crippen MR) is 54.3 cm³/mol. The Morgan fingerprint density at radius 2 is 2.17 bits per heavy atom. The fraction of sp³-hybridized carbons (Fsp3) is 1.00. The minimum Gasteiger partial charge on any atom is -0.302 e. The third-order valence-electron chi connectivity index (χ3n) is 2.34. The van der Waals surface area contributed by atoms with Gasteiger partial charge in [-0.25, -0.2) is 5.48 Å². The zero-order valence-electron chi connectivity index (χ0n) is 7.84. The van der Waals surface area contributed by atoms with Crippen molar-refractivity contribution in [2.45, 2.75) is 25.7 Å². The molecule has 0 spiro atoms. The van der Waals surface area contributed by atoms with Crippen molar-refractivity contribution in [3.8, 4) is 0 Å². The summed E-state index contributed by atoms with van der Waals surface area (Å²) in [6.07, 6.45) is 5.40. The van der Waals surface area contributed by atoms with Gasteiger partial charge in [-0.15, -0.1) is 0 Å². The number of rotatable bonds is 5. The van der Waals surface area contributed by atoms with E-state index in [0.29, 0.717) is 0 Å². The van der Waals surface area contributed by atoms with Crippen molar-refractivity contribution in [1.29, 1.82) is 0 Å². The molecule has 0 aromatic heterocycles. The zero-order valence-corrected chi connectivity index (χ0v) is 8.66. The van der Waals surface area contributed by atoms with Gasteiger partial charge in [-0.2, -0.15) is 11.8 Å². The molecule has 12 heavy (non-hydrogen) atoms. The van der Waals surface area contributed by atoms with E-state index in [0.717, 1.165) is 12.5 Å². The Bertz CT molecular complexity index is 105. The van der Waals surface area contributed by atoms with E-state index in [1.54, 1.807) is 0 Å². The summed E-state index contributed by atoms with van der Waals surface area (Å²) in [6, 6.07) is 0. The van der Waals surface area contributed by atoms with E-state index in [1.165, 1.54) is 37.2 Å². The molecule has 1 N–H and O–H groups in total. The highest BCUT2D eigenvalue weighted by molar-refractivity contribution is 7.99. The van der Waals surface area contributed by atoms with Crippen LogP contribution in [0.2, 0.25) is 0 Å². The largest absolute Gasteiger partial charge is 0.302 e. The van der Waals surface area contributed by atoms with E-state index in [1.807, 2.05) is 7.05 Å². The summed E-state index contributed by atoms with van der Waals surface area (Å²) in [5, 5.41) is 0. The van der Waals surface area contributed by atoms with Crippen LogP contribution < -0.4 is 5.48 Å². The lowest BCUT2D eigenvalue weighted by Gasteiger charge is -2.20. The summed E-state index contributed by atoms with van der Waals surface area (Å²) < 4.78 is 0. The molecule has 72 valence electrons. The molecular formula is C9H19NOS. The molecule has 0 bridgehead atoms. The molecule has 0 unspecified atom stereocenters. The Hall–Kier alpha value is 0.270. The van der Waals surface area contributed by atoms with Crippen molar-refractivity contribution in [2.24, 2.45) is 5.92 Å². The number of hydrogen-bond acceptors (Lipinski definition) is 3. The van der Waals surface area contributed by atoms with Crippen LogP contribution in [-0.4, -0.2) is 25.2 Å². The third-order valence-corrected chi connectivity index (χ3v) is 3.39. The van der Waals surface area contributed by atoms with Gasteiger partial charge in [0.05, 0.1) is 6.61 Å². The summed E-state index contributed by atoms with van der Waals surface area (Å²) in [5.74, 6) is 3.72. The van der Waals surface area contributed by atoms with E-state index in [9.17, 15) is 0 Å². The highest BCUT2D eigenvalue weighted by Crippen LogP contribution is 2.25. The fourth-order valence-corrected chi connectivity index (χ4v) is 2.79. The minimum atomic E-state index is 0.861. The average molecular weight is 189 g/mol. The van der Waals surface area contributed by atoms with Gasteiger partial charge in [0.15, 0.2) is 0 Å². The third kappa shape index (κ3) is 4.33. The SMILES string of the molecule is CNOCCCC1CCSCC1. The molecule has 1 aliphatic rings. The maximum Gasteiger partial charge on any atom is 0.0682 e. The quantitative estimate of drug-likeness (QED) is 0.528. The molecule has 1 heterocycles. The number of thioether (sulfide) groups is 1. The number of nitrogens with one attached hydrogen (secondary N) is 1. The molecule has 0 saturated carbocycles.